The second kappa shape index (κ2) is 6.74. The fraction of sp³-hybridized carbons (Fsp3) is 0.364. The van der Waals surface area contributed by atoms with E-state index in [1.54, 1.807) is 6.92 Å². The van der Waals surface area contributed by atoms with Gasteiger partial charge in [0.2, 0.25) is 10.0 Å². The third kappa shape index (κ3) is 4.20. The van der Waals surface area contributed by atoms with Crippen LogP contribution in [0.25, 0.3) is 0 Å². The highest BCUT2D eigenvalue weighted by Gasteiger charge is 2.19. The van der Waals surface area contributed by atoms with Crippen molar-refractivity contribution in [3.8, 4) is 0 Å². The van der Waals surface area contributed by atoms with Gasteiger partial charge >= 0.3 is 5.97 Å². The van der Waals surface area contributed by atoms with Crippen molar-refractivity contribution in [1.82, 2.24) is 4.72 Å². The average Bonchev–Trinajstić information content (AvgIpc) is 2.32. The monoisotopic (exact) mass is 367 g/mol. The van der Waals surface area contributed by atoms with E-state index in [4.69, 9.17) is 5.11 Å². The number of hydrogen-bond donors (Lipinski definition) is 2. The van der Waals surface area contributed by atoms with Crippen LogP contribution in [0, 0.1) is 6.92 Å². The van der Waals surface area contributed by atoms with Gasteiger partial charge in [-0.25, -0.2) is 17.9 Å². The van der Waals surface area contributed by atoms with Crippen LogP contribution in [0.4, 0.5) is 0 Å². The summed E-state index contributed by atoms with van der Waals surface area (Å²) >= 11 is 4.70. The summed E-state index contributed by atoms with van der Waals surface area (Å²) < 4.78 is 26.9. The van der Waals surface area contributed by atoms with Gasteiger partial charge in [0.1, 0.15) is 0 Å². The van der Waals surface area contributed by atoms with E-state index >= 15 is 0 Å². The number of aromatic carboxylic acids is 1. The Balaban J connectivity index is 3.17. The first-order chi connectivity index (χ1) is 8.79. The second-order valence-electron chi connectivity index (χ2n) is 3.77. The Morgan fingerprint density at radius 3 is 2.63 bits per heavy atom. The smallest absolute Gasteiger partial charge is 0.336 e. The Morgan fingerprint density at radius 1 is 1.47 bits per heavy atom. The number of carbonyl (C=O) groups is 1. The van der Waals surface area contributed by atoms with Crippen LogP contribution in [-0.4, -0.2) is 38.0 Å². The number of carboxylic acids is 1. The minimum absolute atomic E-state index is 0.0281. The van der Waals surface area contributed by atoms with Gasteiger partial charge < -0.3 is 5.11 Å². The van der Waals surface area contributed by atoms with E-state index in [-0.39, 0.29) is 10.5 Å². The zero-order valence-electron chi connectivity index (χ0n) is 10.4. The zero-order valence-corrected chi connectivity index (χ0v) is 13.7. The van der Waals surface area contributed by atoms with Gasteiger partial charge in [0.15, 0.2) is 0 Å². The van der Waals surface area contributed by atoms with E-state index < -0.39 is 16.0 Å². The Morgan fingerprint density at radius 2 is 2.11 bits per heavy atom. The molecule has 5 nitrogen and oxygen atoms in total. The van der Waals surface area contributed by atoms with E-state index in [1.165, 1.54) is 23.9 Å². The van der Waals surface area contributed by atoms with Crippen LogP contribution < -0.4 is 4.72 Å². The van der Waals surface area contributed by atoms with Crippen molar-refractivity contribution in [2.45, 2.75) is 11.8 Å². The van der Waals surface area contributed by atoms with Gasteiger partial charge in [0.25, 0.3) is 0 Å². The van der Waals surface area contributed by atoms with E-state index in [9.17, 15) is 13.2 Å². The lowest BCUT2D eigenvalue weighted by atomic mass is 10.1. The predicted octanol–water partition coefficient (Wildman–Crippen LogP) is 2.10. The zero-order chi connectivity index (χ0) is 14.6. The number of halogens is 1. The quantitative estimate of drug-likeness (QED) is 0.752. The lowest BCUT2D eigenvalue weighted by Gasteiger charge is -2.10. The highest BCUT2D eigenvalue weighted by Crippen LogP contribution is 2.24. The number of carboxylic acid groups (broad SMARTS) is 1. The summed E-state index contributed by atoms with van der Waals surface area (Å²) in [5.41, 5.74) is 0.468. The van der Waals surface area contributed by atoms with Crippen LogP contribution >= 0.6 is 27.7 Å². The SMILES string of the molecule is CSCCNS(=O)(=O)c1cc(Br)c(C)c(C(=O)O)c1. The number of nitrogens with one attached hydrogen (secondary N) is 1. The maximum absolute atomic E-state index is 12.0. The highest BCUT2D eigenvalue weighted by molar-refractivity contribution is 9.10. The molecule has 0 radical (unpaired) electrons. The Hall–Kier alpha value is -0.570. The van der Waals surface area contributed by atoms with E-state index in [2.05, 4.69) is 20.7 Å². The molecular formula is C11H14BrNO4S2. The van der Waals surface area contributed by atoms with Crippen molar-refractivity contribution < 1.29 is 18.3 Å². The molecule has 0 aromatic heterocycles. The van der Waals surface area contributed by atoms with E-state index in [0.717, 1.165) is 0 Å². The summed E-state index contributed by atoms with van der Waals surface area (Å²) in [6.07, 6.45) is 1.87. The van der Waals surface area contributed by atoms with Crippen molar-refractivity contribution >= 4 is 43.7 Å². The van der Waals surface area contributed by atoms with Crippen LogP contribution in [0.3, 0.4) is 0 Å². The molecule has 0 aliphatic rings. The number of rotatable bonds is 6. The molecule has 0 saturated heterocycles. The molecule has 0 bridgehead atoms. The molecule has 8 heteroatoms. The fourth-order valence-electron chi connectivity index (χ4n) is 1.39. The van der Waals surface area contributed by atoms with E-state index in [0.29, 0.717) is 22.3 Å². The molecule has 1 rings (SSSR count). The molecular weight excluding hydrogens is 354 g/mol. The third-order valence-corrected chi connectivity index (χ3v) is 5.33. The van der Waals surface area contributed by atoms with Gasteiger partial charge in [-0.1, -0.05) is 15.9 Å². The maximum Gasteiger partial charge on any atom is 0.336 e. The molecule has 0 amide bonds. The van der Waals surface area contributed by atoms with Crippen molar-refractivity contribution in [2.24, 2.45) is 0 Å². The summed E-state index contributed by atoms with van der Waals surface area (Å²) in [7, 11) is -3.68. The van der Waals surface area contributed by atoms with Gasteiger partial charge in [-0.15, -0.1) is 0 Å². The lowest BCUT2D eigenvalue weighted by Crippen LogP contribution is -2.26. The van der Waals surface area contributed by atoms with Crippen molar-refractivity contribution in [3.63, 3.8) is 0 Å². The minimum atomic E-state index is -3.68. The summed E-state index contributed by atoms with van der Waals surface area (Å²) in [4.78, 5) is 11.0. The molecule has 0 atom stereocenters. The van der Waals surface area contributed by atoms with Crippen LogP contribution in [0.1, 0.15) is 15.9 Å². The molecule has 19 heavy (non-hydrogen) atoms. The molecule has 0 saturated carbocycles. The number of thioether (sulfide) groups is 1. The van der Waals surface area contributed by atoms with Crippen LogP contribution in [0.2, 0.25) is 0 Å². The molecule has 2 N–H and O–H groups in total. The molecule has 0 heterocycles. The molecule has 0 fully saturated rings. The average molecular weight is 368 g/mol. The first kappa shape index (κ1) is 16.5. The molecule has 0 spiro atoms. The topological polar surface area (TPSA) is 83.5 Å². The molecule has 106 valence electrons. The number of benzene rings is 1. The lowest BCUT2D eigenvalue weighted by molar-refractivity contribution is 0.0695. The van der Waals surface area contributed by atoms with Crippen molar-refractivity contribution in [2.75, 3.05) is 18.6 Å². The van der Waals surface area contributed by atoms with Crippen LogP contribution in [-0.2, 0) is 10.0 Å². The summed E-state index contributed by atoms with van der Waals surface area (Å²) in [5.74, 6) is -0.503. The normalized spacial score (nSPS) is 11.5. The van der Waals surface area contributed by atoms with Crippen LogP contribution in [0.5, 0.6) is 0 Å². The van der Waals surface area contributed by atoms with E-state index in [1.807, 2.05) is 6.26 Å². The standard InChI is InChI=1S/C11H14BrNO4S2/c1-7-9(11(14)15)5-8(6-10(7)12)19(16,17)13-3-4-18-2/h5-6,13H,3-4H2,1-2H3,(H,14,15). The minimum Gasteiger partial charge on any atom is -0.478 e. The number of sulfonamides is 1. The molecule has 1 aromatic rings. The van der Waals surface area contributed by atoms with Gasteiger partial charge in [0, 0.05) is 16.8 Å². The Bertz CT molecular complexity index is 587. The highest BCUT2D eigenvalue weighted by atomic mass is 79.9. The molecule has 0 unspecified atom stereocenters. The van der Waals surface area contributed by atoms with Gasteiger partial charge in [-0.3, -0.25) is 0 Å². The van der Waals surface area contributed by atoms with Gasteiger partial charge in [0.05, 0.1) is 10.5 Å². The molecule has 0 aliphatic heterocycles. The van der Waals surface area contributed by atoms with Gasteiger partial charge in [-0.2, -0.15) is 11.8 Å². The summed E-state index contributed by atoms with van der Waals surface area (Å²) in [5, 5.41) is 9.06. The van der Waals surface area contributed by atoms with Crippen LogP contribution in [0.15, 0.2) is 21.5 Å². The largest absolute Gasteiger partial charge is 0.478 e. The van der Waals surface area contributed by atoms with Gasteiger partial charge in [-0.05, 0) is 30.9 Å². The predicted molar refractivity (Wildman–Crippen MR) is 79.4 cm³/mol. The molecule has 1 aromatic carbocycles. The second-order valence-corrected chi connectivity index (χ2v) is 7.38. The maximum atomic E-state index is 12.0. The first-order valence-corrected chi connectivity index (χ1v) is 8.98. The fourth-order valence-corrected chi connectivity index (χ4v) is 3.52. The third-order valence-electron chi connectivity index (χ3n) is 2.46. The first-order valence-electron chi connectivity index (χ1n) is 5.31. The Labute approximate surface area is 125 Å². The Kier molecular flexibility index (Phi) is 5.84. The van der Waals surface area contributed by atoms with Crippen molar-refractivity contribution in [3.05, 3.63) is 27.7 Å². The summed E-state index contributed by atoms with van der Waals surface area (Å²) in [6.45, 7) is 1.92. The summed E-state index contributed by atoms with van der Waals surface area (Å²) in [6, 6.07) is 2.58. The van der Waals surface area contributed by atoms with Crippen molar-refractivity contribution in [1.29, 1.82) is 0 Å². The number of hydrogen-bond acceptors (Lipinski definition) is 4. The molecule has 0 aliphatic carbocycles.